The molecular formula is C24H26N4O3. The topological polar surface area (TPSA) is 74.8 Å². The molecule has 1 aromatic heterocycles. The molecule has 1 N–H and O–H groups in total. The van der Waals surface area contributed by atoms with Crippen LogP contribution in [-0.2, 0) is 4.79 Å². The average Bonchev–Trinajstić information content (AvgIpc) is 2.77. The van der Waals surface area contributed by atoms with Gasteiger partial charge in [0.05, 0.1) is 18.2 Å². The summed E-state index contributed by atoms with van der Waals surface area (Å²) in [7, 11) is 1.66. The van der Waals surface area contributed by atoms with Gasteiger partial charge in [0.15, 0.2) is 0 Å². The van der Waals surface area contributed by atoms with Crippen LogP contribution in [0.5, 0.6) is 5.75 Å². The van der Waals surface area contributed by atoms with Crippen molar-refractivity contribution in [2.24, 2.45) is 0 Å². The normalized spacial score (nSPS) is 13.9. The van der Waals surface area contributed by atoms with E-state index in [2.05, 4.69) is 21.3 Å². The van der Waals surface area contributed by atoms with E-state index in [4.69, 9.17) is 4.74 Å². The number of carbonyl (C=O) groups is 2. The number of piperazine rings is 1. The van der Waals surface area contributed by atoms with Crippen molar-refractivity contribution in [3.8, 4) is 5.75 Å². The van der Waals surface area contributed by atoms with Gasteiger partial charge in [0.1, 0.15) is 5.75 Å². The third kappa shape index (κ3) is 4.45. The summed E-state index contributed by atoms with van der Waals surface area (Å²) in [5, 5.41) is 3.58. The Morgan fingerprint density at radius 3 is 2.52 bits per heavy atom. The van der Waals surface area contributed by atoms with Gasteiger partial charge in [0, 0.05) is 61.6 Å². The van der Waals surface area contributed by atoms with Crippen molar-refractivity contribution in [3.05, 3.63) is 59.8 Å². The molecule has 1 aliphatic heterocycles. The maximum atomic E-state index is 13.4. The van der Waals surface area contributed by atoms with E-state index in [0.717, 1.165) is 35.6 Å². The highest BCUT2D eigenvalue weighted by Crippen LogP contribution is 2.26. The minimum atomic E-state index is -0.183. The Morgan fingerprint density at radius 1 is 1.03 bits per heavy atom. The van der Waals surface area contributed by atoms with Crippen molar-refractivity contribution >= 4 is 34.1 Å². The Labute approximate surface area is 181 Å². The molecule has 0 aliphatic carbocycles. The van der Waals surface area contributed by atoms with Crippen LogP contribution in [0, 0.1) is 6.92 Å². The zero-order chi connectivity index (χ0) is 22.0. The summed E-state index contributed by atoms with van der Waals surface area (Å²) in [4.78, 5) is 33.7. The largest absolute Gasteiger partial charge is 0.497 e. The molecule has 0 spiro atoms. The number of anilines is 2. The van der Waals surface area contributed by atoms with Crippen LogP contribution >= 0.6 is 0 Å². The van der Waals surface area contributed by atoms with Gasteiger partial charge in [0.2, 0.25) is 5.91 Å². The lowest BCUT2D eigenvalue weighted by Crippen LogP contribution is -2.48. The Morgan fingerprint density at radius 2 is 1.81 bits per heavy atom. The van der Waals surface area contributed by atoms with Crippen molar-refractivity contribution < 1.29 is 14.3 Å². The molecule has 4 rings (SSSR count). The lowest BCUT2D eigenvalue weighted by Gasteiger charge is -2.36. The lowest BCUT2D eigenvalue weighted by molar-refractivity contribution is -0.114. The van der Waals surface area contributed by atoms with E-state index < -0.39 is 0 Å². The van der Waals surface area contributed by atoms with Gasteiger partial charge in [-0.15, -0.1) is 0 Å². The Hall–Kier alpha value is -3.61. The van der Waals surface area contributed by atoms with Gasteiger partial charge in [-0.3, -0.25) is 14.6 Å². The van der Waals surface area contributed by atoms with Crippen LogP contribution in [0.1, 0.15) is 23.0 Å². The summed E-state index contributed by atoms with van der Waals surface area (Å²) in [6.45, 7) is 6.05. The van der Waals surface area contributed by atoms with E-state index >= 15 is 0 Å². The quantitative estimate of drug-likeness (QED) is 0.702. The Bertz CT molecular complexity index is 1140. The number of carbonyl (C=O) groups excluding carboxylic acids is 2. The standard InChI is InChI=1S/C24H26N4O3/c1-16-7-8-21-22(13-18(26-17(2)29)14-23(21)25-16)24(30)28-11-9-27(10-12-28)19-5-4-6-20(15-19)31-3/h4-8,13-15H,9-12H2,1-3H3,(H,26,29). The van der Waals surface area contributed by atoms with Gasteiger partial charge < -0.3 is 19.9 Å². The van der Waals surface area contributed by atoms with Gasteiger partial charge >= 0.3 is 0 Å². The van der Waals surface area contributed by atoms with Crippen molar-refractivity contribution in [3.63, 3.8) is 0 Å². The summed E-state index contributed by atoms with van der Waals surface area (Å²) in [5.41, 5.74) is 3.78. The average molecular weight is 418 g/mol. The molecule has 7 heteroatoms. The number of amides is 2. The molecule has 31 heavy (non-hydrogen) atoms. The van der Waals surface area contributed by atoms with E-state index in [1.165, 1.54) is 6.92 Å². The van der Waals surface area contributed by atoms with E-state index in [-0.39, 0.29) is 11.8 Å². The van der Waals surface area contributed by atoms with Crippen molar-refractivity contribution in [1.29, 1.82) is 0 Å². The van der Waals surface area contributed by atoms with Crippen molar-refractivity contribution in [2.75, 3.05) is 43.5 Å². The number of nitrogens with one attached hydrogen (secondary N) is 1. The third-order valence-electron chi connectivity index (χ3n) is 5.48. The maximum absolute atomic E-state index is 13.4. The first kappa shape index (κ1) is 20.7. The number of nitrogens with zero attached hydrogens (tertiary/aromatic N) is 3. The smallest absolute Gasteiger partial charge is 0.254 e. The number of methoxy groups -OCH3 is 1. The van der Waals surface area contributed by atoms with Gasteiger partial charge in [-0.1, -0.05) is 12.1 Å². The molecule has 0 radical (unpaired) electrons. The zero-order valence-electron chi connectivity index (χ0n) is 18.0. The molecule has 3 aromatic rings. The zero-order valence-corrected chi connectivity index (χ0v) is 18.0. The molecule has 0 unspecified atom stereocenters. The molecule has 1 aliphatic rings. The molecule has 0 saturated carbocycles. The Kier molecular flexibility index (Phi) is 5.75. The summed E-state index contributed by atoms with van der Waals surface area (Å²) < 4.78 is 5.32. The number of aryl methyl sites for hydroxylation is 1. The minimum Gasteiger partial charge on any atom is -0.497 e. The van der Waals surface area contributed by atoms with Crippen molar-refractivity contribution in [1.82, 2.24) is 9.88 Å². The van der Waals surface area contributed by atoms with Crippen LogP contribution in [0.15, 0.2) is 48.5 Å². The number of aromatic nitrogens is 1. The molecule has 0 bridgehead atoms. The number of benzene rings is 2. The predicted octanol–water partition coefficient (Wildman–Crippen LogP) is 3.47. The molecule has 2 heterocycles. The molecule has 1 fully saturated rings. The fourth-order valence-corrected chi connectivity index (χ4v) is 3.93. The fourth-order valence-electron chi connectivity index (χ4n) is 3.93. The molecule has 2 amide bonds. The van der Waals surface area contributed by atoms with Gasteiger partial charge in [0.25, 0.3) is 5.91 Å². The second kappa shape index (κ2) is 8.63. The summed E-state index contributed by atoms with van der Waals surface area (Å²) >= 11 is 0. The molecule has 160 valence electrons. The number of fused-ring (bicyclic) bond motifs is 1. The first-order valence-electron chi connectivity index (χ1n) is 10.3. The number of ether oxygens (including phenoxy) is 1. The monoisotopic (exact) mass is 418 g/mol. The highest BCUT2D eigenvalue weighted by molar-refractivity contribution is 6.08. The highest BCUT2D eigenvalue weighted by atomic mass is 16.5. The number of rotatable bonds is 4. The Balaban J connectivity index is 1.57. The number of hydrogen-bond acceptors (Lipinski definition) is 5. The molecule has 2 aromatic carbocycles. The third-order valence-corrected chi connectivity index (χ3v) is 5.48. The first-order valence-corrected chi connectivity index (χ1v) is 10.3. The second-order valence-electron chi connectivity index (χ2n) is 7.71. The van der Waals surface area contributed by atoms with E-state index in [0.29, 0.717) is 29.9 Å². The van der Waals surface area contributed by atoms with Gasteiger partial charge in [-0.25, -0.2) is 0 Å². The van der Waals surface area contributed by atoms with Crippen LogP contribution in [0.25, 0.3) is 10.9 Å². The predicted molar refractivity (Wildman–Crippen MR) is 122 cm³/mol. The van der Waals surface area contributed by atoms with Crippen molar-refractivity contribution in [2.45, 2.75) is 13.8 Å². The van der Waals surface area contributed by atoms with Gasteiger partial charge in [-0.05, 0) is 37.3 Å². The van der Waals surface area contributed by atoms with Crippen LogP contribution in [0.3, 0.4) is 0 Å². The van der Waals surface area contributed by atoms with E-state index in [1.807, 2.05) is 42.2 Å². The molecule has 1 saturated heterocycles. The fraction of sp³-hybridized carbons (Fsp3) is 0.292. The SMILES string of the molecule is COc1cccc(N2CCN(C(=O)c3cc(NC(C)=O)cc4nc(C)ccc34)CC2)c1. The van der Waals surface area contributed by atoms with Crippen LogP contribution in [0.2, 0.25) is 0 Å². The summed E-state index contributed by atoms with van der Waals surface area (Å²) in [6, 6.07) is 15.3. The van der Waals surface area contributed by atoms with E-state index in [1.54, 1.807) is 19.2 Å². The van der Waals surface area contributed by atoms with Gasteiger partial charge in [-0.2, -0.15) is 0 Å². The van der Waals surface area contributed by atoms with Crippen LogP contribution in [-0.4, -0.2) is 55.0 Å². The second-order valence-corrected chi connectivity index (χ2v) is 7.71. The summed E-state index contributed by atoms with van der Waals surface area (Å²) in [5.74, 6) is 0.588. The van der Waals surface area contributed by atoms with E-state index in [9.17, 15) is 9.59 Å². The maximum Gasteiger partial charge on any atom is 0.254 e. The van der Waals surface area contributed by atoms with Crippen LogP contribution in [0.4, 0.5) is 11.4 Å². The molecular weight excluding hydrogens is 392 g/mol. The number of hydrogen-bond donors (Lipinski definition) is 1. The minimum absolute atomic E-state index is 0.0480. The van der Waals surface area contributed by atoms with Crippen LogP contribution < -0.4 is 15.0 Å². The highest BCUT2D eigenvalue weighted by Gasteiger charge is 2.24. The first-order chi connectivity index (χ1) is 14.9. The summed E-state index contributed by atoms with van der Waals surface area (Å²) in [6.07, 6.45) is 0. The number of pyridine rings is 1. The molecule has 7 nitrogen and oxygen atoms in total. The lowest BCUT2D eigenvalue weighted by atomic mass is 10.0. The molecule has 0 atom stereocenters.